The zero-order valence-corrected chi connectivity index (χ0v) is 57.7. The van der Waals surface area contributed by atoms with Crippen molar-refractivity contribution >= 4 is 35.0 Å². The fraction of sp³-hybridized carbons (Fsp3) is 0.366. The highest BCUT2D eigenvalue weighted by atomic mass is 16.5. The molecule has 0 spiro atoms. The smallest absolute Gasteiger partial charge is 0.266 e. The number of phenolic OH excluding ortho intramolecular Hbond substituents is 2. The van der Waals surface area contributed by atoms with Crippen LogP contribution in [0.15, 0.2) is 121 Å². The Bertz CT molecular complexity index is 3830. The Hall–Kier alpha value is -9.16. The van der Waals surface area contributed by atoms with E-state index in [0.29, 0.717) is 118 Å². The average Bonchev–Trinajstić information content (AvgIpc) is 1.18. The zero-order chi connectivity index (χ0) is 67.7. The fourth-order valence-corrected chi connectivity index (χ4v) is 13.5. The SMILES string of the molecule is CCOc1c2cc(C(C)(C)C)cc1Cc1cc(C(C)(C)C)cc(c1OCC)Cc1cc(N3C(=O)c4ccccc4C3=O)cc(c1O)Cc1cc(C(C)(C)C)cc(c1OCC)Cc1cc(C(C)(C)C)cc(c1OCC)Cc1cc(N3C(=O)c4ccccc4C3=O)cc(c1O)C2. The van der Waals surface area contributed by atoms with Gasteiger partial charge in [0.2, 0.25) is 0 Å². The molecule has 8 aromatic carbocycles. The summed E-state index contributed by atoms with van der Waals surface area (Å²) < 4.78 is 27.4. The molecule has 3 aliphatic rings. The van der Waals surface area contributed by atoms with Crippen LogP contribution in [0.3, 0.4) is 0 Å². The molecule has 11 rings (SSSR count). The van der Waals surface area contributed by atoms with Crippen molar-refractivity contribution in [2.75, 3.05) is 36.2 Å². The molecule has 2 heterocycles. The van der Waals surface area contributed by atoms with Gasteiger partial charge in [-0.15, -0.1) is 0 Å². The number of carbonyl (C=O) groups is 4. The van der Waals surface area contributed by atoms with Crippen molar-refractivity contribution in [2.24, 2.45) is 0 Å². The van der Waals surface area contributed by atoms with Gasteiger partial charge >= 0.3 is 0 Å². The number of imide groups is 2. The first kappa shape index (κ1) is 66.3. The number of amides is 4. The van der Waals surface area contributed by atoms with Crippen molar-refractivity contribution in [2.45, 2.75) is 171 Å². The lowest BCUT2D eigenvalue weighted by Crippen LogP contribution is -2.29. The van der Waals surface area contributed by atoms with E-state index < -0.39 is 23.6 Å². The first-order valence-corrected chi connectivity index (χ1v) is 33.2. The number of phenols is 2. The van der Waals surface area contributed by atoms with Gasteiger partial charge in [-0.2, -0.15) is 0 Å². The summed E-state index contributed by atoms with van der Waals surface area (Å²) in [5.74, 6) is 0.759. The van der Waals surface area contributed by atoms with Crippen LogP contribution in [0.4, 0.5) is 11.4 Å². The molecule has 0 radical (unpaired) electrons. The van der Waals surface area contributed by atoms with E-state index in [1.54, 1.807) is 72.8 Å². The van der Waals surface area contributed by atoms with Crippen LogP contribution in [0.2, 0.25) is 0 Å². The van der Waals surface area contributed by atoms with E-state index in [2.05, 4.69) is 132 Å². The van der Waals surface area contributed by atoms with Gasteiger partial charge in [0.1, 0.15) is 34.5 Å². The van der Waals surface area contributed by atoms with Gasteiger partial charge in [-0.1, -0.05) is 156 Å². The Morgan fingerprint density at radius 2 is 0.489 bits per heavy atom. The second-order valence-corrected chi connectivity index (χ2v) is 29.5. The molecule has 0 fully saturated rings. The minimum atomic E-state index is -0.448. The van der Waals surface area contributed by atoms with E-state index in [4.69, 9.17) is 18.9 Å². The van der Waals surface area contributed by atoms with Gasteiger partial charge in [0.15, 0.2) is 0 Å². The Morgan fingerprint density at radius 3 is 0.660 bits per heavy atom. The van der Waals surface area contributed by atoms with Crippen molar-refractivity contribution in [1.82, 2.24) is 0 Å². The Labute approximate surface area is 554 Å². The topological polar surface area (TPSA) is 152 Å². The summed E-state index contributed by atoms with van der Waals surface area (Å²) in [6.45, 7) is 35.1. The van der Waals surface area contributed by atoms with Gasteiger partial charge in [0, 0.05) is 60.8 Å². The molecule has 0 atom stereocenters. The van der Waals surface area contributed by atoms with Gasteiger partial charge in [-0.3, -0.25) is 19.2 Å². The summed E-state index contributed by atoms with van der Waals surface area (Å²) in [6.07, 6.45) is 1.29. The first-order chi connectivity index (χ1) is 44.4. The summed E-state index contributed by atoms with van der Waals surface area (Å²) in [7, 11) is 0. The van der Waals surface area contributed by atoms with Gasteiger partial charge < -0.3 is 29.2 Å². The van der Waals surface area contributed by atoms with Crippen LogP contribution < -0.4 is 28.7 Å². The molecule has 0 saturated heterocycles. The highest BCUT2D eigenvalue weighted by molar-refractivity contribution is 6.35. The third-order valence-electron chi connectivity index (χ3n) is 18.5. The third-order valence-corrected chi connectivity index (χ3v) is 18.5. The zero-order valence-electron chi connectivity index (χ0n) is 57.7. The summed E-state index contributed by atoms with van der Waals surface area (Å²) in [5.41, 5.74) is 13.1. The number of rotatable bonds is 10. The molecule has 0 aromatic heterocycles. The molecule has 12 heteroatoms. The lowest BCUT2D eigenvalue weighted by molar-refractivity contribution is 0.0910. The maximum Gasteiger partial charge on any atom is 0.266 e. The fourth-order valence-electron chi connectivity index (χ4n) is 13.5. The first-order valence-electron chi connectivity index (χ1n) is 33.2. The van der Waals surface area contributed by atoms with Gasteiger partial charge in [-0.25, -0.2) is 9.80 Å². The molecule has 488 valence electrons. The van der Waals surface area contributed by atoms with Gasteiger partial charge in [-0.05, 0) is 165 Å². The molecule has 8 aromatic rings. The summed E-state index contributed by atoms with van der Waals surface area (Å²) in [4.78, 5) is 61.0. The van der Waals surface area contributed by atoms with Crippen molar-refractivity contribution in [3.63, 3.8) is 0 Å². The van der Waals surface area contributed by atoms with Crippen molar-refractivity contribution in [1.29, 1.82) is 0 Å². The maximum atomic E-state index is 14.6. The van der Waals surface area contributed by atoms with Crippen LogP contribution in [-0.4, -0.2) is 60.3 Å². The second kappa shape index (κ2) is 25.3. The number of ether oxygens (including phenoxy) is 4. The number of aromatic hydroxyl groups is 2. The lowest BCUT2D eigenvalue weighted by Gasteiger charge is -2.28. The van der Waals surface area contributed by atoms with Crippen LogP contribution in [-0.2, 0) is 60.2 Å². The monoisotopic (exact) mass is 1260 g/mol. The standard InChI is InChI=1S/C82H90N2O10/c1-17-91-71-51-29-47-43-63(83-75(87)65-25-21-22-26-66(65)76(83)88)44-48(69(47)85)30-53-37-61(81(11,12)13)41-57(73(53)93-19-3)34-58-42-62(82(14,15)16)38-54(74(58)94-20-4)32-50-46-64(84-77(89)67-27-23-24-28-68(67)78(84)90)45-49(70(50)86)31-52-36-60(80(8,9)10)40-56(72(52)92-18-2)33-55(71)39-59(35-51)79(5,6)7/h21-28,35-46,85-86H,17-20,29-34H2,1-16H3. The van der Waals surface area contributed by atoms with Crippen LogP contribution >= 0.6 is 0 Å². The largest absolute Gasteiger partial charge is 0.507 e. The molecule has 1 aliphatic carbocycles. The predicted octanol–water partition coefficient (Wildman–Crippen LogP) is 17.3. The van der Waals surface area contributed by atoms with Crippen LogP contribution in [0.25, 0.3) is 0 Å². The van der Waals surface area contributed by atoms with E-state index in [-0.39, 0.29) is 58.8 Å². The van der Waals surface area contributed by atoms with Crippen LogP contribution in [0.5, 0.6) is 34.5 Å². The van der Waals surface area contributed by atoms with Crippen molar-refractivity contribution in [3.8, 4) is 34.5 Å². The van der Waals surface area contributed by atoms with E-state index in [1.807, 2.05) is 27.7 Å². The van der Waals surface area contributed by atoms with E-state index >= 15 is 0 Å². The molecule has 0 saturated carbocycles. The third kappa shape index (κ3) is 12.7. The minimum Gasteiger partial charge on any atom is -0.507 e. The lowest BCUT2D eigenvalue weighted by atomic mass is 9.80. The van der Waals surface area contributed by atoms with Gasteiger partial charge in [0.05, 0.1) is 60.1 Å². The molecule has 12 nitrogen and oxygen atoms in total. The molecule has 2 aliphatic heterocycles. The molecule has 12 bridgehead atoms. The molecular weight excluding hydrogens is 1170 g/mol. The number of hydrogen-bond donors (Lipinski definition) is 2. The quantitative estimate of drug-likeness (QED) is 0.127. The highest BCUT2D eigenvalue weighted by Gasteiger charge is 2.40. The molecular formula is C82H90N2O10. The molecule has 4 amide bonds. The maximum absolute atomic E-state index is 14.6. The number of hydrogen-bond acceptors (Lipinski definition) is 10. The summed E-state index contributed by atoms with van der Waals surface area (Å²) in [5, 5.41) is 26.4. The van der Waals surface area contributed by atoms with Crippen molar-refractivity contribution < 1.29 is 48.3 Å². The number of nitrogens with zero attached hydrogens (tertiary/aromatic N) is 2. The van der Waals surface area contributed by atoms with Crippen LogP contribution in [0.1, 0.15) is 241 Å². The second-order valence-electron chi connectivity index (χ2n) is 29.5. The summed E-state index contributed by atoms with van der Waals surface area (Å²) >= 11 is 0. The Balaban J connectivity index is 1.24. The van der Waals surface area contributed by atoms with E-state index in [1.165, 1.54) is 9.80 Å². The Kier molecular flexibility index (Phi) is 17.8. The number of fused-ring (bicyclic) bond motifs is 14. The number of carbonyl (C=O) groups excluding carboxylic acids is 4. The molecule has 94 heavy (non-hydrogen) atoms. The van der Waals surface area contributed by atoms with E-state index in [9.17, 15) is 29.4 Å². The van der Waals surface area contributed by atoms with E-state index in [0.717, 1.165) is 66.8 Å². The normalized spacial score (nSPS) is 14.4. The van der Waals surface area contributed by atoms with Gasteiger partial charge in [0.25, 0.3) is 23.6 Å². The molecule has 2 N–H and O–H groups in total. The van der Waals surface area contributed by atoms with Crippen molar-refractivity contribution in [3.05, 3.63) is 233 Å². The highest BCUT2D eigenvalue weighted by Crippen LogP contribution is 2.47. The molecule has 0 unspecified atom stereocenters. The van der Waals surface area contributed by atoms with Crippen LogP contribution in [0, 0.1) is 0 Å². The summed E-state index contributed by atoms with van der Waals surface area (Å²) in [6, 6.07) is 38.3. The minimum absolute atomic E-state index is 0.0186. The number of anilines is 2. The average molecular weight is 1260 g/mol. The Morgan fingerprint density at radius 1 is 0.309 bits per heavy atom. The number of benzene rings is 8. The predicted molar refractivity (Wildman–Crippen MR) is 373 cm³/mol.